The molecule has 0 aromatic heterocycles. The first-order valence-electron chi connectivity index (χ1n) is 10.5. The van der Waals surface area contributed by atoms with E-state index in [9.17, 15) is 19.8 Å². The van der Waals surface area contributed by atoms with E-state index in [0.29, 0.717) is 33.8 Å². The zero-order chi connectivity index (χ0) is 25.4. The molecule has 0 atom stereocenters. The molecule has 35 heavy (non-hydrogen) atoms. The number of nitrogens with one attached hydrogen (secondary N) is 2. The van der Waals surface area contributed by atoms with Crippen molar-refractivity contribution in [3.05, 3.63) is 88.6 Å². The third-order valence-corrected chi connectivity index (χ3v) is 4.96. The normalized spacial score (nSPS) is 11.2. The summed E-state index contributed by atoms with van der Waals surface area (Å²) in [6.45, 7) is 1.67. The van der Waals surface area contributed by atoms with Crippen molar-refractivity contribution in [2.45, 2.75) is 6.92 Å². The van der Waals surface area contributed by atoms with Crippen LogP contribution in [0, 0.1) is 6.92 Å². The molecule has 0 aliphatic rings. The third kappa shape index (κ3) is 6.38. The molecule has 0 unspecified atom stereocenters. The maximum absolute atomic E-state index is 12.9. The molecule has 0 heterocycles. The van der Waals surface area contributed by atoms with Crippen molar-refractivity contribution in [1.82, 2.24) is 10.7 Å². The van der Waals surface area contributed by atoms with Crippen LogP contribution >= 0.6 is 0 Å². The van der Waals surface area contributed by atoms with Crippen LogP contribution in [0.1, 0.15) is 27.0 Å². The highest BCUT2D eigenvalue weighted by atomic mass is 16.5. The SMILES string of the molecule is COc1ccc(/C=C(/NC(=O)c2ccccc2)C(=O)N/N=C/c2c(C)cc(O)cc2O)cc1OC. The van der Waals surface area contributed by atoms with E-state index in [0.717, 1.165) is 0 Å². The van der Waals surface area contributed by atoms with Crippen molar-refractivity contribution in [3.8, 4) is 23.0 Å². The molecular weight excluding hydrogens is 450 g/mol. The van der Waals surface area contributed by atoms with Crippen molar-refractivity contribution in [3.63, 3.8) is 0 Å². The number of nitrogens with zero attached hydrogens (tertiary/aromatic N) is 1. The summed E-state index contributed by atoms with van der Waals surface area (Å²) < 4.78 is 10.5. The van der Waals surface area contributed by atoms with Crippen molar-refractivity contribution in [1.29, 1.82) is 0 Å². The lowest BCUT2D eigenvalue weighted by molar-refractivity contribution is -0.117. The highest BCUT2D eigenvalue weighted by Gasteiger charge is 2.15. The molecule has 0 aliphatic carbocycles. The summed E-state index contributed by atoms with van der Waals surface area (Å²) in [6, 6.07) is 16.1. The predicted molar refractivity (Wildman–Crippen MR) is 132 cm³/mol. The zero-order valence-corrected chi connectivity index (χ0v) is 19.4. The van der Waals surface area contributed by atoms with Gasteiger partial charge in [-0.3, -0.25) is 9.59 Å². The molecule has 180 valence electrons. The quantitative estimate of drug-likeness (QED) is 0.225. The standard InChI is InChI=1S/C26H25N3O6/c1-16-11-19(30)14-22(31)20(16)15-27-29-26(33)21(28-25(32)18-7-5-4-6-8-18)12-17-9-10-23(34-2)24(13-17)35-3/h4-15,30-31H,1-3H3,(H,28,32)(H,29,33)/b21-12+,27-15+. The minimum atomic E-state index is -0.698. The van der Waals surface area contributed by atoms with Gasteiger partial charge in [0.15, 0.2) is 11.5 Å². The molecule has 2 amide bonds. The van der Waals surface area contributed by atoms with Gasteiger partial charge in [-0.2, -0.15) is 5.10 Å². The first-order chi connectivity index (χ1) is 16.8. The summed E-state index contributed by atoms with van der Waals surface area (Å²) in [4.78, 5) is 25.7. The average molecular weight is 476 g/mol. The number of hydrogen-bond donors (Lipinski definition) is 4. The summed E-state index contributed by atoms with van der Waals surface area (Å²) in [5.74, 6) is -0.506. The molecule has 0 saturated carbocycles. The number of methoxy groups -OCH3 is 2. The van der Waals surface area contributed by atoms with Gasteiger partial charge in [-0.1, -0.05) is 24.3 Å². The number of ether oxygens (including phenoxy) is 2. The fourth-order valence-corrected chi connectivity index (χ4v) is 3.20. The lowest BCUT2D eigenvalue weighted by atomic mass is 10.1. The molecule has 4 N–H and O–H groups in total. The van der Waals surface area contributed by atoms with Crippen LogP contribution in [0.3, 0.4) is 0 Å². The van der Waals surface area contributed by atoms with E-state index >= 15 is 0 Å². The molecule has 3 aromatic rings. The number of phenolic OH excluding ortho intramolecular Hbond substituents is 2. The fraction of sp³-hybridized carbons (Fsp3) is 0.115. The predicted octanol–water partition coefficient (Wildman–Crippen LogP) is 3.34. The summed E-state index contributed by atoms with van der Waals surface area (Å²) in [7, 11) is 3.00. The number of amides is 2. The number of aryl methyl sites for hydroxylation is 1. The zero-order valence-electron chi connectivity index (χ0n) is 19.4. The molecule has 0 radical (unpaired) electrons. The monoisotopic (exact) mass is 475 g/mol. The number of rotatable bonds is 8. The van der Waals surface area contributed by atoms with Crippen molar-refractivity contribution in [2.24, 2.45) is 5.10 Å². The van der Waals surface area contributed by atoms with Gasteiger partial charge in [0.2, 0.25) is 0 Å². The number of hydrazone groups is 1. The minimum absolute atomic E-state index is 0.0742. The Balaban J connectivity index is 1.89. The van der Waals surface area contributed by atoms with Crippen LogP contribution in [0.4, 0.5) is 0 Å². The highest BCUT2D eigenvalue weighted by molar-refractivity contribution is 6.05. The van der Waals surface area contributed by atoms with Crippen molar-refractivity contribution < 1.29 is 29.3 Å². The highest BCUT2D eigenvalue weighted by Crippen LogP contribution is 2.28. The van der Waals surface area contributed by atoms with Crippen molar-refractivity contribution >= 4 is 24.1 Å². The first-order valence-corrected chi connectivity index (χ1v) is 10.5. The van der Waals surface area contributed by atoms with Crippen LogP contribution in [-0.2, 0) is 4.79 Å². The van der Waals surface area contributed by atoms with E-state index in [2.05, 4.69) is 15.8 Å². The number of carbonyl (C=O) groups is 2. The molecule has 0 saturated heterocycles. The Bertz CT molecular complexity index is 1260. The Hall–Kier alpha value is -4.79. The maximum Gasteiger partial charge on any atom is 0.287 e. The number of benzene rings is 3. The van der Waals surface area contributed by atoms with Gasteiger partial charge in [0.1, 0.15) is 17.2 Å². The summed E-state index contributed by atoms with van der Waals surface area (Å²) in [5.41, 5.74) is 4.08. The molecule has 0 aliphatic heterocycles. The van der Waals surface area contributed by atoms with Gasteiger partial charge in [0.05, 0.1) is 20.4 Å². The summed E-state index contributed by atoms with van der Waals surface area (Å²) >= 11 is 0. The van der Waals surface area contributed by atoms with Crippen molar-refractivity contribution in [2.75, 3.05) is 14.2 Å². The Labute approximate surface area is 202 Å². The van der Waals surface area contributed by atoms with Gasteiger partial charge in [-0.25, -0.2) is 5.43 Å². The van der Waals surface area contributed by atoms with E-state index in [4.69, 9.17) is 9.47 Å². The lowest BCUT2D eigenvalue weighted by Crippen LogP contribution is -2.32. The smallest absolute Gasteiger partial charge is 0.287 e. The van der Waals surface area contributed by atoms with Crippen LogP contribution in [0.2, 0.25) is 0 Å². The second-order valence-corrected chi connectivity index (χ2v) is 7.39. The van der Waals surface area contributed by atoms with Crippen LogP contribution < -0.4 is 20.2 Å². The minimum Gasteiger partial charge on any atom is -0.508 e. The molecule has 0 spiro atoms. The molecule has 9 nitrogen and oxygen atoms in total. The van der Waals surface area contributed by atoms with Gasteiger partial charge in [0, 0.05) is 17.2 Å². The van der Waals surface area contributed by atoms with Gasteiger partial charge >= 0.3 is 0 Å². The summed E-state index contributed by atoms with van der Waals surface area (Å²) in [6.07, 6.45) is 2.71. The lowest BCUT2D eigenvalue weighted by Gasteiger charge is -2.11. The molecule has 3 rings (SSSR count). The fourth-order valence-electron chi connectivity index (χ4n) is 3.20. The summed E-state index contributed by atoms with van der Waals surface area (Å²) in [5, 5.41) is 26.1. The molecule has 9 heteroatoms. The van der Waals surface area contributed by atoms with E-state index < -0.39 is 11.8 Å². The Kier molecular flexibility index (Phi) is 8.07. The number of hydrogen-bond acceptors (Lipinski definition) is 7. The number of carbonyl (C=O) groups excluding carboxylic acids is 2. The molecule has 0 fully saturated rings. The van der Waals surface area contributed by atoms with E-state index in [-0.39, 0.29) is 17.2 Å². The van der Waals surface area contributed by atoms with Crippen LogP contribution in [0.15, 0.2) is 71.5 Å². The van der Waals surface area contributed by atoms with Gasteiger partial charge in [-0.05, 0) is 54.5 Å². The van der Waals surface area contributed by atoms with Gasteiger partial charge in [-0.15, -0.1) is 0 Å². The second-order valence-electron chi connectivity index (χ2n) is 7.39. The van der Waals surface area contributed by atoms with Gasteiger partial charge < -0.3 is 25.0 Å². The number of aromatic hydroxyl groups is 2. The average Bonchev–Trinajstić information content (AvgIpc) is 2.85. The van der Waals surface area contributed by atoms with Crippen LogP contribution in [-0.4, -0.2) is 42.5 Å². The second kappa shape index (κ2) is 11.4. The first kappa shape index (κ1) is 24.8. The van der Waals surface area contributed by atoms with Gasteiger partial charge in [0.25, 0.3) is 11.8 Å². The Morgan fingerprint density at radius 1 is 0.943 bits per heavy atom. The third-order valence-electron chi connectivity index (χ3n) is 4.96. The van der Waals surface area contributed by atoms with Crippen LogP contribution in [0.25, 0.3) is 6.08 Å². The van der Waals surface area contributed by atoms with Crippen LogP contribution in [0.5, 0.6) is 23.0 Å². The Morgan fingerprint density at radius 2 is 1.66 bits per heavy atom. The molecule has 0 bridgehead atoms. The topological polar surface area (TPSA) is 129 Å². The molecular formula is C26H25N3O6. The van der Waals surface area contributed by atoms with E-state index in [1.165, 1.54) is 38.6 Å². The van der Waals surface area contributed by atoms with E-state index in [1.54, 1.807) is 55.5 Å². The Morgan fingerprint density at radius 3 is 2.31 bits per heavy atom. The number of phenols is 2. The maximum atomic E-state index is 12.9. The largest absolute Gasteiger partial charge is 0.508 e. The van der Waals surface area contributed by atoms with E-state index in [1.807, 2.05) is 0 Å². The molecule has 3 aromatic carbocycles.